The van der Waals surface area contributed by atoms with Crippen LogP contribution in [0, 0.1) is 11.3 Å². The fraction of sp³-hybridized carbons (Fsp3) is 0.261. The van der Waals surface area contributed by atoms with Gasteiger partial charge in [0.1, 0.15) is 11.6 Å². The van der Waals surface area contributed by atoms with Crippen LogP contribution in [0.25, 0.3) is 11.3 Å². The molecule has 3 rings (SSSR count). The van der Waals surface area contributed by atoms with Crippen molar-refractivity contribution < 1.29 is 17.9 Å². The van der Waals surface area contributed by atoms with Gasteiger partial charge < -0.3 is 20.3 Å². The lowest BCUT2D eigenvalue weighted by molar-refractivity contribution is -0.274. The number of benzene rings is 2. The number of nitrogens with one attached hydrogen (secondary N) is 2. The monoisotopic (exact) mass is 456 g/mol. The minimum atomic E-state index is -4.79. The number of nitriles is 1. The van der Waals surface area contributed by atoms with E-state index in [1.54, 1.807) is 36.4 Å². The van der Waals surface area contributed by atoms with Gasteiger partial charge in [0.2, 0.25) is 5.95 Å². The summed E-state index contributed by atoms with van der Waals surface area (Å²) < 4.78 is 42.0. The van der Waals surface area contributed by atoms with Gasteiger partial charge in [-0.15, -0.1) is 13.2 Å². The highest BCUT2D eigenvalue weighted by Gasteiger charge is 2.31. The number of hydrogen-bond acceptors (Lipinski definition) is 7. The molecular formula is C23H23F3N6O. The van der Waals surface area contributed by atoms with Gasteiger partial charge in [-0.2, -0.15) is 10.2 Å². The summed E-state index contributed by atoms with van der Waals surface area (Å²) in [5.41, 5.74) is 1.97. The summed E-state index contributed by atoms with van der Waals surface area (Å²) in [6.07, 6.45) is -3.94. The molecular weight excluding hydrogens is 433 g/mol. The van der Waals surface area contributed by atoms with E-state index in [1.165, 1.54) is 18.2 Å². The van der Waals surface area contributed by atoms with Crippen molar-refractivity contribution in [2.45, 2.75) is 12.8 Å². The first-order chi connectivity index (χ1) is 15.7. The molecule has 10 heteroatoms. The van der Waals surface area contributed by atoms with Gasteiger partial charge in [-0.3, -0.25) is 0 Å². The topological polar surface area (TPSA) is 86.1 Å². The highest BCUT2D eigenvalue weighted by Crippen LogP contribution is 2.29. The lowest BCUT2D eigenvalue weighted by atomic mass is 10.1. The Morgan fingerprint density at radius 1 is 1.06 bits per heavy atom. The zero-order valence-electron chi connectivity index (χ0n) is 18.1. The summed E-state index contributed by atoms with van der Waals surface area (Å²) in [5, 5.41) is 15.4. The zero-order valence-corrected chi connectivity index (χ0v) is 18.1. The molecule has 1 aromatic heterocycles. The van der Waals surface area contributed by atoms with Crippen molar-refractivity contribution in [3.63, 3.8) is 0 Å². The second-order valence-corrected chi connectivity index (χ2v) is 7.44. The summed E-state index contributed by atoms with van der Waals surface area (Å²) in [4.78, 5) is 11.0. The van der Waals surface area contributed by atoms with Crippen LogP contribution < -0.4 is 15.4 Å². The van der Waals surface area contributed by atoms with Gasteiger partial charge in [-0.25, -0.2) is 4.98 Å². The average Bonchev–Trinajstić information content (AvgIpc) is 2.75. The smallest absolute Gasteiger partial charge is 0.406 e. The van der Waals surface area contributed by atoms with Gasteiger partial charge in [-0.1, -0.05) is 18.2 Å². The van der Waals surface area contributed by atoms with Crippen LogP contribution >= 0.6 is 0 Å². The first kappa shape index (κ1) is 23.8. The molecule has 0 atom stereocenters. The number of hydrogen-bond donors (Lipinski definition) is 2. The Kier molecular flexibility index (Phi) is 7.69. The fourth-order valence-electron chi connectivity index (χ4n) is 3.00. The molecule has 33 heavy (non-hydrogen) atoms. The largest absolute Gasteiger partial charge is 0.573 e. The number of anilines is 3. The van der Waals surface area contributed by atoms with E-state index in [1.807, 2.05) is 14.1 Å². The third-order valence-corrected chi connectivity index (χ3v) is 4.42. The predicted octanol–water partition coefficient (Wildman–Crippen LogP) is 5.02. The minimum absolute atomic E-state index is 0.326. The second-order valence-electron chi connectivity index (χ2n) is 7.44. The molecule has 0 saturated carbocycles. The molecule has 0 bridgehead atoms. The van der Waals surface area contributed by atoms with E-state index in [2.05, 4.69) is 36.3 Å². The molecule has 0 amide bonds. The minimum Gasteiger partial charge on any atom is -0.406 e. The van der Waals surface area contributed by atoms with Crippen LogP contribution in [0.2, 0.25) is 0 Å². The second kappa shape index (κ2) is 10.7. The number of aromatic nitrogens is 2. The third-order valence-electron chi connectivity index (χ3n) is 4.42. The summed E-state index contributed by atoms with van der Waals surface area (Å²) in [5.74, 6) is 0.412. The van der Waals surface area contributed by atoms with Crippen molar-refractivity contribution in [1.82, 2.24) is 14.9 Å². The van der Waals surface area contributed by atoms with Crippen molar-refractivity contribution >= 4 is 17.5 Å². The Morgan fingerprint density at radius 3 is 2.58 bits per heavy atom. The molecule has 0 radical (unpaired) electrons. The number of halogens is 3. The highest BCUT2D eigenvalue weighted by atomic mass is 19.4. The van der Waals surface area contributed by atoms with Crippen LogP contribution in [-0.4, -0.2) is 48.4 Å². The molecule has 1 heterocycles. The molecule has 172 valence electrons. The molecule has 0 aliphatic rings. The van der Waals surface area contributed by atoms with Gasteiger partial charge in [-0.05, 0) is 57.4 Å². The molecule has 2 aromatic carbocycles. The third kappa shape index (κ3) is 7.66. The van der Waals surface area contributed by atoms with Gasteiger partial charge in [0.05, 0.1) is 17.3 Å². The number of alkyl halides is 3. The molecule has 0 spiro atoms. The maximum absolute atomic E-state index is 12.6. The Hall–Kier alpha value is -3.84. The maximum Gasteiger partial charge on any atom is 0.573 e. The van der Waals surface area contributed by atoms with Crippen LogP contribution in [0.3, 0.4) is 0 Å². The zero-order chi connectivity index (χ0) is 23.8. The first-order valence-electron chi connectivity index (χ1n) is 10.1. The fourth-order valence-corrected chi connectivity index (χ4v) is 3.00. The molecule has 3 aromatic rings. The number of nitrogens with zero attached hydrogens (tertiary/aromatic N) is 4. The van der Waals surface area contributed by atoms with Gasteiger partial charge in [0.25, 0.3) is 0 Å². The van der Waals surface area contributed by atoms with E-state index in [4.69, 9.17) is 5.26 Å². The van der Waals surface area contributed by atoms with E-state index in [0.29, 0.717) is 40.8 Å². The van der Waals surface area contributed by atoms with Crippen molar-refractivity contribution in [3.8, 4) is 23.1 Å². The van der Waals surface area contributed by atoms with E-state index in [9.17, 15) is 13.2 Å². The van der Waals surface area contributed by atoms with Crippen molar-refractivity contribution in [2.24, 2.45) is 0 Å². The quantitative estimate of drug-likeness (QED) is 0.437. The Balaban J connectivity index is 1.91. The normalized spacial score (nSPS) is 11.2. The Labute approximate surface area is 189 Å². The standard InChI is InChI=1S/C23H23F3N6O/c1-32(2)11-5-10-28-22-30-20(17-7-4-9-19(13-17)33-23(24,25)26)14-21(31-22)29-18-8-3-6-16(12-18)15-27/h3-4,6-9,12-14H,5,10-11H2,1-2H3,(H2,28,29,30,31). The lowest BCUT2D eigenvalue weighted by Crippen LogP contribution is -2.17. The van der Waals surface area contributed by atoms with Gasteiger partial charge >= 0.3 is 6.36 Å². The summed E-state index contributed by atoms with van der Waals surface area (Å²) in [7, 11) is 3.95. The lowest BCUT2D eigenvalue weighted by Gasteiger charge is -2.14. The molecule has 0 aliphatic heterocycles. The van der Waals surface area contributed by atoms with Crippen LogP contribution in [0.4, 0.5) is 30.6 Å². The number of ether oxygens (including phenoxy) is 1. The SMILES string of the molecule is CN(C)CCCNc1nc(Nc2cccc(C#N)c2)cc(-c2cccc(OC(F)(F)F)c2)n1. The van der Waals surface area contributed by atoms with Crippen molar-refractivity contribution in [1.29, 1.82) is 5.26 Å². The van der Waals surface area contributed by atoms with E-state index in [0.717, 1.165) is 13.0 Å². The molecule has 7 nitrogen and oxygen atoms in total. The van der Waals surface area contributed by atoms with Crippen LogP contribution in [-0.2, 0) is 0 Å². The summed E-state index contributed by atoms with van der Waals surface area (Å²) >= 11 is 0. The van der Waals surface area contributed by atoms with E-state index < -0.39 is 6.36 Å². The average molecular weight is 456 g/mol. The molecule has 2 N–H and O–H groups in total. The summed E-state index contributed by atoms with van der Waals surface area (Å²) in [6, 6.07) is 16.2. The van der Waals surface area contributed by atoms with Crippen molar-refractivity contribution in [3.05, 3.63) is 60.2 Å². The molecule has 0 aliphatic carbocycles. The Morgan fingerprint density at radius 2 is 1.85 bits per heavy atom. The van der Waals surface area contributed by atoms with E-state index in [-0.39, 0.29) is 5.75 Å². The number of rotatable bonds is 9. The van der Waals surface area contributed by atoms with E-state index >= 15 is 0 Å². The van der Waals surface area contributed by atoms with Gasteiger partial charge in [0.15, 0.2) is 0 Å². The predicted molar refractivity (Wildman–Crippen MR) is 120 cm³/mol. The summed E-state index contributed by atoms with van der Waals surface area (Å²) in [6.45, 7) is 1.48. The first-order valence-corrected chi connectivity index (χ1v) is 10.1. The maximum atomic E-state index is 12.6. The van der Waals surface area contributed by atoms with Crippen molar-refractivity contribution in [2.75, 3.05) is 37.8 Å². The van der Waals surface area contributed by atoms with Crippen LogP contribution in [0.15, 0.2) is 54.6 Å². The van der Waals surface area contributed by atoms with Crippen LogP contribution in [0.5, 0.6) is 5.75 Å². The highest BCUT2D eigenvalue weighted by molar-refractivity contribution is 5.68. The molecule has 0 saturated heterocycles. The Bertz CT molecular complexity index is 1130. The van der Waals surface area contributed by atoms with Crippen LogP contribution in [0.1, 0.15) is 12.0 Å². The molecule has 0 fully saturated rings. The molecule has 0 unspecified atom stereocenters. The van der Waals surface area contributed by atoms with Gasteiger partial charge in [0, 0.05) is 23.9 Å².